The number of carbonyl (C=O) groups excluding carboxylic acids is 1. The van der Waals surface area contributed by atoms with Crippen molar-refractivity contribution >= 4 is 5.91 Å². The van der Waals surface area contributed by atoms with Gasteiger partial charge in [0.1, 0.15) is 0 Å². The number of unbranched alkanes of at least 4 members (excludes halogenated alkanes) is 8. The minimum atomic E-state index is 0.357. The third kappa shape index (κ3) is 11.5. The van der Waals surface area contributed by atoms with E-state index in [1.54, 1.807) is 0 Å². The fourth-order valence-electron chi connectivity index (χ4n) is 3.22. The third-order valence-electron chi connectivity index (χ3n) is 4.80. The number of carbonyl (C=O) groups is 1. The third-order valence-corrected chi connectivity index (χ3v) is 4.80. The molecule has 2 heteroatoms. The van der Waals surface area contributed by atoms with Crippen molar-refractivity contribution in [3.8, 4) is 0 Å². The van der Waals surface area contributed by atoms with Gasteiger partial charge in [-0.1, -0.05) is 69.8 Å². The van der Waals surface area contributed by atoms with Crippen molar-refractivity contribution in [2.45, 2.75) is 96.8 Å². The van der Waals surface area contributed by atoms with E-state index < -0.39 is 0 Å². The molecule has 138 valence electrons. The summed E-state index contributed by atoms with van der Waals surface area (Å²) in [6.45, 7) is 4.24. The van der Waals surface area contributed by atoms with Gasteiger partial charge in [0.05, 0.1) is 0 Å². The largest absolute Gasteiger partial charge is 0.343 e. The zero-order valence-electron chi connectivity index (χ0n) is 16.0. The Morgan fingerprint density at radius 1 is 0.792 bits per heavy atom. The Morgan fingerprint density at radius 3 is 2.04 bits per heavy atom. The van der Waals surface area contributed by atoms with Gasteiger partial charge in [0.2, 0.25) is 5.91 Å². The second-order valence-corrected chi connectivity index (χ2v) is 7.07. The minimum absolute atomic E-state index is 0.357. The van der Waals surface area contributed by atoms with Crippen molar-refractivity contribution in [3.05, 3.63) is 24.3 Å². The van der Waals surface area contributed by atoms with E-state index in [2.05, 4.69) is 31.2 Å². The smallest absolute Gasteiger partial charge is 0.222 e. The first-order chi connectivity index (χ1) is 11.8. The summed E-state index contributed by atoms with van der Waals surface area (Å²) < 4.78 is 0. The standard InChI is InChI=1S/C22H39NO/c1-2-3-4-5-6-7-8-9-10-11-12-13-14-15-16-19-22(24)23-20-17-18-21-23/h10-11,13-14H,2-9,12,15-21H2,1H3/b11-10+,14-13+. The molecule has 0 bridgehead atoms. The molecule has 0 spiro atoms. The van der Waals surface area contributed by atoms with E-state index in [4.69, 9.17) is 0 Å². The van der Waals surface area contributed by atoms with E-state index in [0.717, 1.165) is 38.8 Å². The van der Waals surface area contributed by atoms with Crippen molar-refractivity contribution in [2.75, 3.05) is 13.1 Å². The van der Waals surface area contributed by atoms with Crippen LogP contribution in [0.3, 0.4) is 0 Å². The summed E-state index contributed by atoms with van der Waals surface area (Å²) in [6, 6.07) is 0. The Labute approximate surface area is 150 Å². The van der Waals surface area contributed by atoms with Gasteiger partial charge in [-0.15, -0.1) is 0 Å². The molecule has 1 saturated heterocycles. The maximum Gasteiger partial charge on any atom is 0.222 e. The summed E-state index contributed by atoms with van der Waals surface area (Å²) in [5.74, 6) is 0.357. The molecule has 1 aliphatic rings. The molecule has 0 saturated carbocycles. The van der Waals surface area contributed by atoms with E-state index in [1.807, 2.05) is 4.90 Å². The molecule has 1 heterocycles. The van der Waals surface area contributed by atoms with Gasteiger partial charge in [0.15, 0.2) is 0 Å². The quantitative estimate of drug-likeness (QED) is 0.265. The van der Waals surface area contributed by atoms with E-state index in [0.29, 0.717) is 5.91 Å². The summed E-state index contributed by atoms with van der Waals surface area (Å²) in [5, 5.41) is 0. The van der Waals surface area contributed by atoms with E-state index in [9.17, 15) is 4.79 Å². The number of likely N-dealkylation sites (tertiary alicyclic amines) is 1. The van der Waals surface area contributed by atoms with Crippen molar-refractivity contribution in [1.82, 2.24) is 4.90 Å². The first kappa shape index (κ1) is 21.0. The van der Waals surface area contributed by atoms with Gasteiger partial charge in [-0.25, -0.2) is 0 Å². The summed E-state index contributed by atoms with van der Waals surface area (Å²) in [7, 11) is 0. The number of nitrogens with zero attached hydrogens (tertiary/aromatic N) is 1. The summed E-state index contributed by atoms with van der Waals surface area (Å²) in [4.78, 5) is 13.9. The van der Waals surface area contributed by atoms with Crippen molar-refractivity contribution in [2.24, 2.45) is 0 Å². The Balaban J connectivity index is 1.84. The number of hydrogen-bond acceptors (Lipinski definition) is 1. The van der Waals surface area contributed by atoms with E-state index in [-0.39, 0.29) is 0 Å². The average Bonchev–Trinajstić information content (AvgIpc) is 3.13. The highest BCUT2D eigenvalue weighted by atomic mass is 16.2. The predicted molar refractivity (Wildman–Crippen MR) is 105 cm³/mol. The Kier molecular flexibility index (Phi) is 13.5. The van der Waals surface area contributed by atoms with Crippen LogP contribution in [0, 0.1) is 0 Å². The van der Waals surface area contributed by atoms with Gasteiger partial charge in [-0.05, 0) is 44.9 Å². The van der Waals surface area contributed by atoms with Gasteiger partial charge in [0, 0.05) is 19.5 Å². The van der Waals surface area contributed by atoms with Crippen LogP contribution in [0.1, 0.15) is 96.8 Å². The second-order valence-electron chi connectivity index (χ2n) is 7.07. The molecule has 0 N–H and O–H groups in total. The SMILES string of the molecule is CCCCCCCCC/C=C/C/C=C/CCCC(=O)N1CCCC1. The molecule has 0 aromatic carbocycles. The van der Waals surface area contributed by atoms with Crippen LogP contribution in [0.4, 0.5) is 0 Å². The van der Waals surface area contributed by atoms with Crippen LogP contribution < -0.4 is 0 Å². The topological polar surface area (TPSA) is 20.3 Å². The highest BCUT2D eigenvalue weighted by Crippen LogP contribution is 2.11. The molecule has 1 rings (SSSR count). The van der Waals surface area contributed by atoms with Gasteiger partial charge in [0.25, 0.3) is 0 Å². The molecular formula is C22H39NO. The molecule has 1 fully saturated rings. The molecule has 0 aromatic heterocycles. The number of amides is 1. The lowest BCUT2D eigenvalue weighted by atomic mass is 10.1. The van der Waals surface area contributed by atoms with Crippen molar-refractivity contribution in [1.29, 1.82) is 0 Å². The molecule has 2 nitrogen and oxygen atoms in total. The Bertz CT molecular complexity index is 353. The summed E-state index contributed by atoms with van der Waals surface area (Å²) in [5.41, 5.74) is 0. The van der Waals surface area contributed by atoms with Crippen LogP contribution in [0.5, 0.6) is 0 Å². The first-order valence-corrected chi connectivity index (χ1v) is 10.4. The van der Waals surface area contributed by atoms with Gasteiger partial charge in [-0.3, -0.25) is 4.79 Å². The summed E-state index contributed by atoms with van der Waals surface area (Å²) >= 11 is 0. The molecule has 0 aromatic rings. The molecule has 24 heavy (non-hydrogen) atoms. The number of rotatable bonds is 14. The molecule has 1 aliphatic heterocycles. The highest BCUT2D eigenvalue weighted by molar-refractivity contribution is 5.76. The lowest BCUT2D eigenvalue weighted by Gasteiger charge is -2.14. The molecule has 0 unspecified atom stereocenters. The first-order valence-electron chi connectivity index (χ1n) is 10.4. The molecule has 0 aliphatic carbocycles. The van der Waals surface area contributed by atoms with Crippen LogP contribution >= 0.6 is 0 Å². The van der Waals surface area contributed by atoms with E-state index in [1.165, 1.54) is 64.2 Å². The highest BCUT2D eigenvalue weighted by Gasteiger charge is 2.16. The maximum absolute atomic E-state index is 11.9. The van der Waals surface area contributed by atoms with Gasteiger partial charge < -0.3 is 4.90 Å². The maximum atomic E-state index is 11.9. The average molecular weight is 334 g/mol. The fourth-order valence-corrected chi connectivity index (χ4v) is 3.22. The monoisotopic (exact) mass is 333 g/mol. The molecule has 0 atom stereocenters. The van der Waals surface area contributed by atoms with E-state index >= 15 is 0 Å². The lowest BCUT2D eigenvalue weighted by Crippen LogP contribution is -2.27. The van der Waals surface area contributed by atoms with Crippen LogP contribution in [-0.4, -0.2) is 23.9 Å². The van der Waals surface area contributed by atoms with Crippen LogP contribution in [0.15, 0.2) is 24.3 Å². The van der Waals surface area contributed by atoms with Crippen molar-refractivity contribution < 1.29 is 4.79 Å². The number of hydrogen-bond donors (Lipinski definition) is 0. The zero-order chi connectivity index (χ0) is 17.3. The Hall–Kier alpha value is -1.05. The number of allylic oxidation sites excluding steroid dienone is 4. The van der Waals surface area contributed by atoms with Crippen LogP contribution in [0.2, 0.25) is 0 Å². The van der Waals surface area contributed by atoms with Crippen LogP contribution in [0.25, 0.3) is 0 Å². The van der Waals surface area contributed by atoms with Gasteiger partial charge >= 0.3 is 0 Å². The fraction of sp³-hybridized carbons (Fsp3) is 0.773. The predicted octanol–water partition coefficient (Wildman–Crippen LogP) is 6.42. The zero-order valence-corrected chi connectivity index (χ0v) is 16.0. The van der Waals surface area contributed by atoms with Crippen molar-refractivity contribution in [3.63, 3.8) is 0 Å². The normalized spacial score (nSPS) is 15.1. The molecule has 1 amide bonds. The van der Waals surface area contributed by atoms with Crippen LogP contribution in [-0.2, 0) is 4.79 Å². The Morgan fingerprint density at radius 2 is 1.38 bits per heavy atom. The second kappa shape index (κ2) is 15.5. The molecular weight excluding hydrogens is 294 g/mol. The minimum Gasteiger partial charge on any atom is -0.343 e. The van der Waals surface area contributed by atoms with Gasteiger partial charge in [-0.2, -0.15) is 0 Å². The lowest BCUT2D eigenvalue weighted by molar-refractivity contribution is -0.130. The molecule has 0 radical (unpaired) electrons. The summed E-state index contributed by atoms with van der Waals surface area (Å²) in [6.07, 6.45) is 26.2.